The lowest BCUT2D eigenvalue weighted by Crippen LogP contribution is -2.16. The standard InChI is InChI=1S/C12H12FN3O2S/c1-8-7-9(4-5-11(8)14)16-19(17,18)12-10(13)3-2-6-15-12/h2-7,16H,14H2,1H3. The molecule has 0 atom stereocenters. The molecule has 1 aromatic heterocycles. The van der Waals surface area contributed by atoms with E-state index in [0.29, 0.717) is 11.4 Å². The van der Waals surface area contributed by atoms with Crippen molar-refractivity contribution in [1.82, 2.24) is 4.98 Å². The zero-order valence-electron chi connectivity index (χ0n) is 10.1. The van der Waals surface area contributed by atoms with E-state index in [1.54, 1.807) is 19.1 Å². The Morgan fingerprint density at radius 2 is 2.05 bits per heavy atom. The normalized spacial score (nSPS) is 11.3. The van der Waals surface area contributed by atoms with E-state index in [4.69, 9.17) is 5.73 Å². The highest BCUT2D eigenvalue weighted by molar-refractivity contribution is 7.92. The lowest BCUT2D eigenvalue weighted by Gasteiger charge is -2.09. The summed E-state index contributed by atoms with van der Waals surface area (Å²) in [5, 5.41) is -0.635. The van der Waals surface area contributed by atoms with E-state index in [-0.39, 0.29) is 0 Å². The molecule has 5 nitrogen and oxygen atoms in total. The molecule has 0 amide bonds. The fourth-order valence-corrected chi connectivity index (χ4v) is 2.57. The summed E-state index contributed by atoms with van der Waals surface area (Å²) in [6.07, 6.45) is 1.21. The topological polar surface area (TPSA) is 85.1 Å². The first kappa shape index (κ1) is 13.3. The van der Waals surface area contributed by atoms with E-state index in [2.05, 4.69) is 9.71 Å². The molecule has 1 heterocycles. The summed E-state index contributed by atoms with van der Waals surface area (Å²) < 4.78 is 39.6. The van der Waals surface area contributed by atoms with E-state index in [1.165, 1.54) is 18.3 Å². The predicted molar refractivity (Wildman–Crippen MR) is 70.6 cm³/mol. The zero-order valence-corrected chi connectivity index (χ0v) is 10.9. The van der Waals surface area contributed by atoms with Crippen molar-refractivity contribution in [2.45, 2.75) is 11.9 Å². The van der Waals surface area contributed by atoms with Crippen LogP contribution in [-0.4, -0.2) is 13.4 Å². The lowest BCUT2D eigenvalue weighted by atomic mass is 10.2. The second-order valence-electron chi connectivity index (χ2n) is 3.97. The molecule has 0 aliphatic rings. The smallest absolute Gasteiger partial charge is 0.282 e. The lowest BCUT2D eigenvalue weighted by molar-refractivity contribution is 0.557. The molecule has 2 aromatic rings. The van der Waals surface area contributed by atoms with Gasteiger partial charge in [0.05, 0.1) is 0 Å². The molecular formula is C12H12FN3O2S. The van der Waals surface area contributed by atoms with Gasteiger partial charge < -0.3 is 5.73 Å². The second kappa shape index (κ2) is 4.85. The van der Waals surface area contributed by atoms with E-state index in [9.17, 15) is 12.8 Å². The van der Waals surface area contributed by atoms with Crippen LogP contribution in [0, 0.1) is 12.7 Å². The fourth-order valence-electron chi connectivity index (χ4n) is 1.51. The van der Waals surface area contributed by atoms with Crippen molar-refractivity contribution < 1.29 is 12.8 Å². The zero-order chi connectivity index (χ0) is 14.0. The summed E-state index contributed by atoms with van der Waals surface area (Å²) in [5.74, 6) is -0.901. The minimum Gasteiger partial charge on any atom is -0.399 e. The predicted octanol–water partition coefficient (Wildman–Crippen LogP) is 1.91. The Morgan fingerprint density at radius 3 is 2.68 bits per heavy atom. The maximum atomic E-state index is 13.4. The van der Waals surface area contributed by atoms with Crippen molar-refractivity contribution >= 4 is 21.4 Å². The summed E-state index contributed by atoms with van der Waals surface area (Å²) in [6, 6.07) is 6.99. The Morgan fingerprint density at radius 1 is 1.32 bits per heavy atom. The molecule has 0 fully saturated rings. The highest BCUT2D eigenvalue weighted by Gasteiger charge is 2.20. The molecule has 0 saturated carbocycles. The highest BCUT2D eigenvalue weighted by Crippen LogP contribution is 2.20. The van der Waals surface area contributed by atoms with Gasteiger partial charge in [0.2, 0.25) is 5.03 Å². The van der Waals surface area contributed by atoms with Crippen molar-refractivity contribution in [2.24, 2.45) is 0 Å². The number of benzene rings is 1. The monoisotopic (exact) mass is 281 g/mol. The van der Waals surface area contributed by atoms with Crippen molar-refractivity contribution in [3.8, 4) is 0 Å². The van der Waals surface area contributed by atoms with Crippen LogP contribution in [0.3, 0.4) is 0 Å². The quantitative estimate of drug-likeness (QED) is 0.842. The van der Waals surface area contributed by atoms with Gasteiger partial charge in [-0.1, -0.05) is 0 Å². The van der Waals surface area contributed by atoms with Gasteiger partial charge in [0, 0.05) is 17.6 Å². The van der Waals surface area contributed by atoms with Crippen LogP contribution in [0.4, 0.5) is 15.8 Å². The summed E-state index contributed by atoms with van der Waals surface area (Å²) in [6.45, 7) is 1.74. The molecule has 0 bridgehead atoms. The minimum atomic E-state index is -4.05. The van der Waals surface area contributed by atoms with Gasteiger partial charge >= 0.3 is 0 Å². The summed E-state index contributed by atoms with van der Waals surface area (Å²) >= 11 is 0. The number of aromatic nitrogens is 1. The molecule has 0 saturated heterocycles. The first-order chi connectivity index (χ1) is 8.90. The third-order valence-electron chi connectivity index (χ3n) is 2.50. The second-order valence-corrected chi connectivity index (χ2v) is 5.56. The number of hydrogen-bond donors (Lipinski definition) is 2. The molecule has 3 N–H and O–H groups in total. The van der Waals surface area contributed by atoms with Crippen LogP contribution in [0.1, 0.15) is 5.56 Å². The molecule has 0 aliphatic carbocycles. The van der Waals surface area contributed by atoms with E-state index in [1.807, 2.05) is 0 Å². The number of aryl methyl sites for hydroxylation is 1. The van der Waals surface area contributed by atoms with Crippen LogP contribution in [0.15, 0.2) is 41.6 Å². The molecule has 100 valence electrons. The number of pyridine rings is 1. The fraction of sp³-hybridized carbons (Fsp3) is 0.0833. The van der Waals surface area contributed by atoms with Crippen LogP contribution >= 0.6 is 0 Å². The molecule has 0 aliphatic heterocycles. The largest absolute Gasteiger partial charge is 0.399 e. The van der Waals surface area contributed by atoms with Gasteiger partial charge in [0.1, 0.15) is 0 Å². The number of nitrogens with zero attached hydrogens (tertiary/aromatic N) is 1. The van der Waals surface area contributed by atoms with Crippen LogP contribution in [-0.2, 0) is 10.0 Å². The number of halogens is 1. The maximum Gasteiger partial charge on any atom is 0.282 e. The number of rotatable bonds is 3. The van der Waals surface area contributed by atoms with Crippen molar-refractivity contribution in [2.75, 3.05) is 10.5 Å². The van der Waals surface area contributed by atoms with Gasteiger partial charge in [-0.15, -0.1) is 0 Å². The van der Waals surface area contributed by atoms with Crippen molar-refractivity contribution in [3.63, 3.8) is 0 Å². The van der Waals surface area contributed by atoms with Crippen LogP contribution in [0.25, 0.3) is 0 Å². The maximum absolute atomic E-state index is 13.4. The Kier molecular flexibility index (Phi) is 3.39. The first-order valence-corrected chi connectivity index (χ1v) is 6.88. The van der Waals surface area contributed by atoms with Gasteiger partial charge in [0.15, 0.2) is 5.82 Å². The third kappa shape index (κ3) is 2.82. The van der Waals surface area contributed by atoms with Crippen LogP contribution in [0.2, 0.25) is 0 Å². The van der Waals surface area contributed by atoms with E-state index < -0.39 is 20.9 Å². The molecule has 0 radical (unpaired) electrons. The summed E-state index contributed by atoms with van der Waals surface area (Å²) in [7, 11) is -4.05. The minimum absolute atomic E-state index is 0.303. The Balaban J connectivity index is 2.37. The van der Waals surface area contributed by atoms with Gasteiger partial charge in [0.25, 0.3) is 10.0 Å². The Hall–Kier alpha value is -2.15. The number of nitrogens with one attached hydrogen (secondary N) is 1. The number of anilines is 2. The van der Waals surface area contributed by atoms with Gasteiger partial charge in [-0.2, -0.15) is 8.42 Å². The SMILES string of the molecule is Cc1cc(NS(=O)(=O)c2ncccc2F)ccc1N. The molecule has 0 unspecified atom stereocenters. The van der Waals surface area contributed by atoms with Gasteiger partial charge in [-0.25, -0.2) is 9.37 Å². The average Bonchev–Trinajstić information content (AvgIpc) is 2.34. The Labute approximate surface area is 110 Å². The van der Waals surface area contributed by atoms with Crippen molar-refractivity contribution in [1.29, 1.82) is 0 Å². The van der Waals surface area contributed by atoms with Crippen molar-refractivity contribution in [3.05, 3.63) is 47.9 Å². The van der Waals surface area contributed by atoms with Gasteiger partial charge in [-0.05, 0) is 42.8 Å². The first-order valence-electron chi connectivity index (χ1n) is 5.39. The molecule has 2 rings (SSSR count). The molecule has 19 heavy (non-hydrogen) atoms. The number of nitrogens with two attached hydrogens (primary N) is 1. The van der Waals surface area contributed by atoms with E-state index in [0.717, 1.165) is 11.6 Å². The Bertz CT molecular complexity index is 717. The van der Waals surface area contributed by atoms with Crippen LogP contribution < -0.4 is 10.5 Å². The number of nitrogen functional groups attached to an aromatic ring is 1. The number of sulfonamides is 1. The molecule has 0 spiro atoms. The highest BCUT2D eigenvalue weighted by atomic mass is 32.2. The summed E-state index contributed by atoms with van der Waals surface area (Å²) in [4.78, 5) is 3.54. The number of hydrogen-bond acceptors (Lipinski definition) is 4. The van der Waals surface area contributed by atoms with E-state index >= 15 is 0 Å². The summed E-state index contributed by atoms with van der Waals surface area (Å²) in [5.41, 5.74) is 7.21. The van der Waals surface area contributed by atoms with Crippen LogP contribution in [0.5, 0.6) is 0 Å². The molecule has 1 aromatic carbocycles. The van der Waals surface area contributed by atoms with Gasteiger partial charge in [-0.3, -0.25) is 4.72 Å². The molecular weight excluding hydrogens is 269 g/mol. The molecule has 7 heteroatoms. The average molecular weight is 281 g/mol. The third-order valence-corrected chi connectivity index (χ3v) is 3.82.